The van der Waals surface area contributed by atoms with Crippen molar-refractivity contribution in [2.24, 2.45) is 0 Å². The molecule has 0 radical (unpaired) electrons. The number of fused-ring (bicyclic) bond motifs is 1. The van der Waals surface area contributed by atoms with Crippen molar-refractivity contribution in [1.82, 2.24) is 4.31 Å². The van der Waals surface area contributed by atoms with Crippen LogP contribution in [0, 0.1) is 0 Å². The molecule has 0 spiro atoms. The summed E-state index contributed by atoms with van der Waals surface area (Å²) in [5.74, 6) is 0. The first-order valence-electron chi connectivity index (χ1n) is 6.94. The SMILES string of the molecule is CN(C1CCCC1)S(=O)(=O)c1ccc2c(c1)CCN2. The van der Waals surface area contributed by atoms with Crippen molar-refractivity contribution in [2.75, 3.05) is 18.9 Å². The summed E-state index contributed by atoms with van der Waals surface area (Å²) < 4.78 is 26.8. The average molecular weight is 280 g/mol. The van der Waals surface area contributed by atoms with Gasteiger partial charge in [0.05, 0.1) is 4.90 Å². The van der Waals surface area contributed by atoms with E-state index in [9.17, 15) is 8.42 Å². The van der Waals surface area contributed by atoms with E-state index in [1.165, 1.54) is 0 Å². The van der Waals surface area contributed by atoms with Gasteiger partial charge < -0.3 is 5.32 Å². The lowest BCUT2D eigenvalue weighted by Gasteiger charge is -2.23. The molecular formula is C14H20N2O2S. The summed E-state index contributed by atoms with van der Waals surface area (Å²) in [6.07, 6.45) is 5.16. The zero-order chi connectivity index (χ0) is 13.5. The van der Waals surface area contributed by atoms with Gasteiger partial charge >= 0.3 is 0 Å². The molecule has 1 aliphatic heterocycles. The second kappa shape index (κ2) is 4.80. The molecule has 4 nitrogen and oxygen atoms in total. The number of nitrogens with one attached hydrogen (secondary N) is 1. The summed E-state index contributed by atoms with van der Waals surface area (Å²) in [6.45, 7) is 0.900. The van der Waals surface area contributed by atoms with Crippen molar-refractivity contribution in [3.05, 3.63) is 23.8 Å². The molecule has 0 unspecified atom stereocenters. The Kier molecular flexibility index (Phi) is 3.27. The van der Waals surface area contributed by atoms with Crippen LogP contribution in [-0.4, -0.2) is 32.4 Å². The monoisotopic (exact) mass is 280 g/mol. The first-order chi connectivity index (χ1) is 9.09. The Labute approximate surface area is 114 Å². The smallest absolute Gasteiger partial charge is 0.243 e. The molecule has 0 bridgehead atoms. The van der Waals surface area contributed by atoms with Crippen LogP contribution in [0.25, 0.3) is 0 Å². The van der Waals surface area contributed by atoms with Gasteiger partial charge in [-0.3, -0.25) is 0 Å². The largest absolute Gasteiger partial charge is 0.384 e. The van der Waals surface area contributed by atoms with Crippen LogP contribution in [-0.2, 0) is 16.4 Å². The van der Waals surface area contributed by atoms with Gasteiger partial charge in [-0.15, -0.1) is 0 Å². The quantitative estimate of drug-likeness (QED) is 0.923. The van der Waals surface area contributed by atoms with Crippen molar-refractivity contribution < 1.29 is 8.42 Å². The van der Waals surface area contributed by atoms with Gasteiger partial charge in [0.2, 0.25) is 10.0 Å². The average Bonchev–Trinajstić information content (AvgIpc) is 3.07. The molecule has 0 amide bonds. The molecule has 2 aliphatic rings. The molecule has 1 aromatic rings. The zero-order valence-electron chi connectivity index (χ0n) is 11.2. The lowest BCUT2D eigenvalue weighted by Crippen LogP contribution is -2.35. The lowest BCUT2D eigenvalue weighted by atomic mass is 10.2. The third kappa shape index (κ3) is 2.25. The first-order valence-corrected chi connectivity index (χ1v) is 8.38. The molecule has 1 saturated carbocycles. The summed E-state index contributed by atoms with van der Waals surface area (Å²) >= 11 is 0. The molecule has 19 heavy (non-hydrogen) atoms. The van der Waals surface area contributed by atoms with Crippen LogP contribution >= 0.6 is 0 Å². The Balaban J connectivity index is 1.91. The summed E-state index contributed by atoms with van der Waals surface area (Å²) in [5.41, 5.74) is 2.18. The van der Waals surface area contributed by atoms with Crippen LogP contribution < -0.4 is 5.32 Å². The van der Waals surface area contributed by atoms with Gasteiger partial charge in [0, 0.05) is 25.3 Å². The van der Waals surface area contributed by atoms with Crippen LogP contribution in [0.1, 0.15) is 31.2 Å². The Morgan fingerprint density at radius 2 is 2.00 bits per heavy atom. The number of benzene rings is 1. The fourth-order valence-corrected chi connectivity index (χ4v) is 4.54. The minimum atomic E-state index is -3.34. The van der Waals surface area contributed by atoms with Crippen LogP contribution in [0.4, 0.5) is 5.69 Å². The Bertz CT molecular complexity index is 577. The summed E-state index contributed by atoms with van der Waals surface area (Å²) in [4.78, 5) is 0.435. The van der Waals surface area contributed by atoms with Crippen LogP contribution in [0.2, 0.25) is 0 Å². The maximum Gasteiger partial charge on any atom is 0.243 e. The van der Waals surface area contributed by atoms with E-state index in [-0.39, 0.29) is 6.04 Å². The molecule has 0 saturated heterocycles. The van der Waals surface area contributed by atoms with Gasteiger partial charge in [-0.2, -0.15) is 4.31 Å². The molecular weight excluding hydrogens is 260 g/mol. The molecule has 1 aromatic carbocycles. The standard InChI is InChI=1S/C14H20N2O2S/c1-16(12-4-2-3-5-12)19(17,18)13-6-7-14-11(10-13)8-9-15-14/h6-7,10,12,15H,2-5,8-9H2,1H3. The maximum absolute atomic E-state index is 12.6. The molecule has 3 rings (SSSR count). The second-order valence-corrected chi connectivity index (χ2v) is 7.45. The van der Waals surface area contributed by atoms with Crippen LogP contribution in [0.15, 0.2) is 23.1 Å². The fraction of sp³-hybridized carbons (Fsp3) is 0.571. The molecule has 0 atom stereocenters. The molecule has 104 valence electrons. The van der Waals surface area contributed by atoms with E-state index in [1.807, 2.05) is 12.1 Å². The third-order valence-electron chi connectivity index (χ3n) is 4.30. The molecule has 1 aliphatic carbocycles. The van der Waals surface area contributed by atoms with Crippen LogP contribution in [0.3, 0.4) is 0 Å². The third-order valence-corrected chi connectivity index (χ3v) is 6.21. The van der Waals surface area contributed by atoms with Crippen molar-refractivity contribution in [3.63, 3.8) is 0 Å². The van der Waals surface area contributed by atoms with Gasteiger partial charge in [0.1, 0.15) is 0 Å². The van der Waals surface area contributed by atoms with E-state index in [0.717, 1.165) is 49.9 Å². The van der Waals surface area contributed by atoms with Crippen molar-refractivity contribution >= 4 is 15.7 Å². The Hall–Kier alpha value is -1.07. The lowest BCUT2D eigenvalue weighted by molar-refractivity contribution is 0.373. The van der Waals surface area contributed by atoms with Crippen LogP contribution in [0.5, 0.6) is 0 Å². The van der Waals surface area contributed by atoms with Gasteiger partial charge in [-0.25, -0.2) is 8.42 Å². The van der Waals surface area contributed by atoms with E-state index < -0.39 is 10.0 Å². The predicted molar refractivity (Wildman–Crippen MR) is 75.8 cm³/mol. The second-order valence-electron chi connectivity index (χ2n) is 5.46. The number of nitrogens with zero attached hydrogens (tertiary/aromatic N) is 1. The molecule has 1 fully saturated rings. The number of hydrogen-bond acceptors (Lipinski definition) is 3. The fourth-order valence-electron chi connectivity index (χ4n) is 3.07. The summed E-state index contributed by atoms with van der Waals surface area (Å²) in [7, 11) is -1.62. The van der Waals surface area contributed by atoms with E-state index >= 15 is 0 Å². The highest BCUT2D eigenvalue weighted by molar-refractivity contribution is 7.89. The summed E-state index contributed by atoms with van der Waals surface area (Å²) in [6, 6.07) is 5.61. The number of hydrogen-bond donors (Lipinski definition) is 1. The highest BCUT2D eigenvalue weighted by Gasteiger charge is 2.30. The normalized spacial score (nSPS) is 19.7. The van der Waals surface area contributed by atoms with Gasteiger partial charge in [0.25, 0.3) is 0 Å². The maximum atomic E-state index is 12.6. The number of anilines is 1. The highest BCUT2D eigenvalue weighted by Crippen LogP contribution is 2.30. The topological polar surface area (TPSA) is 49.4 Å². The van der Waals surface area contributed by atoms with E-state index in [4.69, 9.17) is 0 Å². The summed E-state index contributed by atoms with van der Waals surface area (Å²) in [5, 5.41) is 3.25. The predicted octanol–water partition coefficient (Wildman–Crippen LogP) is 2.22. The van der Waals surface area contributed by atoms with E-state index in [0.29, 0.717) is 4.90 Å². The number of rotatable bonds is 3. The zero-order valence-corrected chi connectivity index (χ0v) is 12.0. The van der Waals surface area contributed by atoms with E-state index in [2.05, 4.69) is 5.32 Å². The van der Waals surface area contributed by atoms with Gasteiger partial charge in [-0.1, -0.05) is 12.8 Å². The van der Waals surface area contributed by atoms with Gasteiger partial charge in [-0.05, 0) is 43.0 Å². The molecule has 5 heteroatoms. The Morgan fingerprint density at radius 3 is 2.74 bits per heavy atom. The Morgan fingerprint density at radius 1 is 1.26 bits per heavy atom. The molecule has 1 N–H and O–H groups in total. The molecule has 0 aromatic heterocycles. The van der Waals surface area contributed by atoms with Gasteiger partial charge in [0.15, 0.2) is 0 Å². The van der Waals surface area contributed by atoms with Crippen molar-refractivity contribution in [1.29, 1.82) is 0 Å². The van der Waals surface area contributed by atoms with E-state index in [1.54, 1.807) is 17.4 Å². The minimum absolute atomic E-state index is 0.177. The van der Waals surface area contributed by atoms with Crippen molar-refractivity contribution in [3.8, 4) is 0 Å². The molecule has 1 heterocycles. The first kappa shape index (κ1) is 12.9. The minimum Gasteiger partial charge on any atom is -0.384 e. The van der Waals surface area contributed by atoms with Crippen molar-refractivity contribution in [2.45, 2.75) is 43.0 Å². The number of sulfonamides is 1. The highest BCUT2D eigenvalue weighted by atomic mass is 32.2.